The highest BCUT2D eigenvalue weighted by atomic mass is 16.2. The van der Waals surface area contributed by atoms with Gasteiger partial charge in [0, 0.05) is 13.6 Å². The summed E-state index contributed by atoms with van der Waals surface area (Å²) in [5.41, 5.74) is 7.28. The first kappa shape index (κ1) is 15.7. The van der Waals surface area contributed by atoms with Crippen molar-refractivity contribution in [2.45, 2.75) is 39.2 Å². The molecule has 3 heteroatoms. The van der Waals surface area contributed by atoms with E-state index in [-0.39, 0.29) is 17.9 Å². The van der Waals surface area contributed by atoms with Crippen LogP contribution in [0.3, 0.4) is 0 Å². The topological polar surface area (TPSA) is 46.3 Å². The standard InChI is InChI=1S/C16H26N2O/c1-4-13(2)15(17)16(19)18(3)12-8-11-14-9-6-5-7-10-14/h5-7,9-10,13,15H,4,8,11-12,17H2,1-3H3/t13?,15-/m0/s1. The minimum Gasteiger partial charge on any atom is -0.344 e. The van der Waals surface area contributed by atoms with Crippen LogP contribution in [0.2, 0.25) is 0 Å². The quantitative estimate of drug-likeness (QED) is 0.820. The highest BCUT2D eigenvalue weighted by molar-refractivity contribution is 5.81. The van der Waals surface area contributed by atoms with Gasteiger partial charge in [-0.25, -0.2) is 0 Å². The predicted octanol–water partition coefficient (Wildman–Crippen LogP) is 2.45. The first-order valence-corrected chi connectivity index (χ1v) is 7.10. The van der Waals surface area contributed by atoms with Crippen molar-refractivity contribution in [1.82, 2.24) is 4.90 Å². The average molecular weight is 262 g/mol. The van der Waals surface area contributed by atoms with E-state index in [2.05, 4.69) is 19.1 Å². The number of hydrogen-bond acceptors (Lipinski definition) is 2. The Labute approximate surface area is 116 Å². The molecule has 2 N–H and O–H groups in total. The van der Waals surface area contributed by atoms with Crippen LogP contribution in [0.4, 0.5) is 0 Å². The molecule has 0 aliphatic rings. The maximum atomic E-state index is 12.1. The van der Waals surface area contributed by atoms with Gasteiger partial charge in [-0.1, -0.05) is 50.6 Å². The van der Waals surface area contributed by atoms with E-state index in [1.807, 2.05) is 32.2 Å². The van der Waals surface area contributed by atoms with Crippen molar-refractivity contribution in [2.75, 3.05) is 13.6 Å². The summed E-state index contributed by atoms with van der Waals surface area (Å²) in [4.78, 5) is 13.9. The van der Waals surface area contributed by atoms with Gasteiger partial charge >= 0.3 is 0 Å². The fraction of sp³-hybridized carbons (Fsp3) is 0.562. The van der Waals surface area contributed by atoms with Gasteiger partial charge in [-0.3, -0.25) is 4.79 Å². The number of nitrogens with two attached hydrogens (primary N) is 1. The summed E-state index contributed by atoms with van der Waals surface area (Å²) in [6, 6.07) is 9.97. The maximum absolute atomic E-state index is 12.1. The summed E-state index contributed by atoms with van der Waals surface area (Å²) in [7, 11) is 1.84. The van der Waals surface area contributed by atoms with E-state index in [4.69, 9.17) is 5.73 Å². The van der Waals surface area contributed by atoms with Crippen molar-refractivity contribution in [3.63, 3.8) is 0 Å². The van der Waals surface area contributed by atoms with E-state index in [0.29, 0.717) is 0 Å². The van der Waals surface area contributed by atoms with Crippen LogP contribution in [-0.2, 0) is 11.2 Å². The molecule has 0 saturated carbocycles. The van der Waals surface area contributed by atoms with E-state index in [0.717, 1.165) is 25.8 Å². The molecule has 0 aliphatic carbocycles. The van der Waals surface area contributed by atoms with E-state index < -0.39 is 0 Å². The van der Waals surface area contributed by atoms with Gasteiger partial charge in [0.25, 0.3) is 0 Å². The van der Waals surface area contributed by atoms with Crippen LogP contribution in [0.1, 0.15) is 32.3 Å². The van der Waals surface area contributed by atoms with Crippen molar-refractivity contribution >= 4 is 5.91 Å². The molecule has 0 aliphatic heterocycles. The lowest BCUT2D eigenvalue weighted by molar-refractivity contribution is -0.132. The van der Waals surface area contributed by atoms with Crippen LogP contribution in [-0.4, -0.2) is 30.4 Å². The van der Waals surface area contributed by atoms with Crippen molar-refractivity contribution < 1.29 is 4.79 Å². The van der Waals surface area contributed by atoms with Crippen LogP contribution >= 0.6 is 0 Å². The summed E-state index contributed by atoms with van der Waals surface area (Å²) in [5.74, 6) is 0.298. The number of aryl methyl sites for hydroxylation is 1. The Morgan fingerprint density at radius 2 is 1.95 bits per heavy atom. The van der Waals surface area contributed by atoms with Gasteiger partial charge < -0.3 is 10.6 Å². The zero-order chi connectivity index (χ0) is 14.3. The molecule has 19 heavy (non-hydrogen) atoms. The Kier molecular flexibility index (Phi) is 6.57. The normalized spacial score (nSPS) is 13.9. The third-order valence-electron chi connectivity index (χ3n) is 3.72. The summed E-state index contributed by atoms with van der Waals surface area (Å²) in [6.45, 7) is 4.85. The van der Waals surface area contributed by atoms with Gasteiger partial charge in [-0.05, 0) is 24.3 Å². The van der Waals surface area contributed by atoms with Gasteiger partial charge in [0.05, 0.1) is 6.04 Å². The van der Waals surface area contributed by atoms with E-state index in [1.54, 1.807) is 4.90 Å². The molecule has 0 saturated heterocycles. The molecular formula is C16H26N2O. The lowest BCUT2D eigenvalue weighted by atomic mass is 9.99. The lowest BCUT2D eigenvalue weighted by Gasteiger charge is -2.24. The molecule has 2 atom stereocenters. The number of nitrogens with zero attached hydrogens (tertiary/aromatic N) is 1. The highest BCUT2D eigenvalue weighted by Crippen LogP contribution is 2.09. The zero-order valence-corrected chi connectivity index (χ0v) is 12.3. The number of amides is 1. The van der Waals surface area contributed by atoms with E-state index in [1.165, 1.54) is 5.56 Å². The first-order valence-electron chi connectivity index (χ1n) is 7.10. The molecule has 0 radical (unpaired) electrons. The van der Waals surface area contributed by atoms with Gasteiger partial charge in [-0.15, -0.1) is 0 Å². The summed E-state index contributed by atoms with van der Waals surface area (Å²) >= 11 is 0. The second kappa shape index (κ2) is 7.95. The third-order valence-corrected chi connectivity index (χ3v) is 3.72. The number of rotatable bonds is 7. The smallest absolute Gasteiger partial charge is 0.239 e. The summed E-state index contributed by atoms with van der Waals surface area (Å²) < 4.78 is 0. The molecule has 1 rings (SSSR count). The zero-order valence-electron chi connectivity index (χ0n) is 12.3. The minimum absolute atomic E-state index is 0.0578. The Bertz CT molecular complexity index is 378. The number of likely N-dealkylation sites (N-methyl/N-ethyl adjacent to an activating group) is 1. The number of carbonyl (C=O) groups is 1. The third kappa shape index (κ3) is 5.03. The second-order valence-corrected chi connectivity index (χ2v) is 5.26. The maximum Gasteiger partial charge on any atom is 0.239 e. The molecule has 0 bridgehead atoms. The highest BCUT2D eigenvalue weighted by Gasteiger charge is 2.22. The van der Waals surface area contributed by atoms with Gasteiger partial charge in [-0.2, -0.15) is 0 Å². The largest absolute Gasteiger partial charge is 0.344 e. The molecule has 0 heterocycles. The molecule has 0 spiro atoms. The van der Waals surface area contributed by atoms with Crippen molar-refractivity contribution in [2.24, 2.45) is 11.7 Å². The second-order valence-electron chi connectivity index (χ2n) is 5.26. The van der Waals surface area contributed by atoms with Gasteiger partial charge in [0.1, 0.15) is 0 Å². The molecular weight excluding hydrogens is 236 g/mol. The van der Waals surface area contributed by atoms with Crippen molar-refractivity contribution in [3.05, 3.63) is 35.9 Å². The molecule has 106 valence electrons. The van der Waals surface area contributed by atoms with Crippen LogP contribution in [0.5, 0.6) is 0 Å². The molecule has 1 unspecified atom stereocenters. The Morgan fingerprint density at radius 1 is 1.32 bits per heavy atom. The van der Waals surface area contributed by atoms with Crippen LogP contribution in [0, 0.1) is 5.92 Å². The summed E-state index contributed by atoms with van der Waals surface area (Å²) in [6.07, 6.45) is 2.90. The fourth-order valence-corrected chi connectivity index (χ4v) is 2.03. The van der Waals surface area contributed by atoms with Gasteiger partial charge in [0.2, 0.25) is 5.91 Å². The Balaban J connectivity index is 2.35. The number of hydrogen-bond donors (Lipinski definition) is 1. The van der Waals surface area contributed by atoms with E-state index in [9.17, 15) is 4.79 Å². The SMILES string of the molecule is CCC(C)[C@H](N)C(=O)N(C)CCCc1ccccc1. The first-order chi connectivity index (χ1) is 9.06. The van der Waals surface area contributed by atoms with Gasteiger partial charge in [0.15, 0.2) is 0 Å². The summed E-state index contributed by atoms with van der Waals surface area (Å²) in [5, 5.41) is 0. The molecule has 0 fully saturated rings. The van der Waals surface area contributed by atoms with E-state index >= 15 is 0 Å². The van der Waals surface area contributed by atoms with Crippen LogP contribution < -0.4 is 5.73 Å². The lowest BCUT2D eigenvalue weighted by Crippen LogP contribution is -2.45. The molecule has 1 aromatic carbocycles. The Hall–Kier alpha value is -1.35. The van der Waals surface area contributed by atoms with Crippen molar-refractivity contribution in [3.8, 4) is 0 Å². The molecule has 3 nitrogen and oxygen atoms in total. The molecule has 1 aromatic rings. The van der Waals surface area contributed by atoms with Crippen LogP contribution in [0.25, 0.3) is 0 Å². The van der Waals surface area contributed by atoms with Crippen LogP contribution in [0.15, 0.2) is 30.3 Å². The Morgan fingerprint density at radius 3 is 2.53 bits per heavy atom. The number of carbonyl (C=O) groups excluding carboxylic acids is 1. The molecule has 0 aromatic heterocycles. The predicted molar refractivity (Wildman–Crippen MR) is 79.8 cm³/mol. The monoisotopic (exact) mass is 262 g/mol. The molecule has 1 amide bonds. The fourth-order valence-electron chi connectivity index (χ4n) is 2.03. The van der Waals surface area contributed by atoms with Crippen molar-refractivity contribution in [1.29, 1.82) is 0 Å². The number of benzene rings is 1. The average Bonchev–Trinajstić information content (AvgIpc) is 2.45. The minimum atomic E-state index is -0.369.